The average Bonchev–Trinajstić information content (AvgIpc) is 2.80. The van der Waals surface area contributed by atoms with E-state index < -0.39 is 0 Å². The second-order valence-corrected chi connectivity index (χ2v) is 4.42. The molecule has 7 nitrogen and oxygen atoms in total. The largest absolute Gasteiger partial charge is 0.409 e. The molecule has 2 saturated heterocycles. The lowest BCUT2D eigenvalue weighted by molar-refractivity contribution is -0.140. The Labute approximate surface area is 98.8 Å². The normalized spacial score (nSPS) is 30.2. The number of rotatable bonds is 3. The molecule has 0 aliphatic carbocycles. The Balaban J connectivity index is 2.05. The van der Waals surface area contributed by atoms with Crippen LogP contribution >= 0.6 is 0 Å². The summed E-state index contributed by atoms with van der Waals surface area (Å²) in [5, 5.41) is 11.4. The summed E-state index contributed by atoms with van der Waals surface area (Å²) in [5.41, 5.74) is 5.40. The van der Waals surface area contributed by atoms with Crippen LogP contribution in [0.3, 0.4) is 0 Å². The van der Waals surface area contributed by atoms with Crippen molar-refractivity contribution in [3.63, 3.8) is 0 Å². The van der Waals surface area contributed by atoms with Gasteiger partial charge in [-0.05, 0) is 6.92 Å². The van der Waals surface area contributed by atoms with Crippen molar-refractivity contribution in [3.05, 3.63) is 0 Å². The number of amidine groups is 1. The van der Waals surface area contributed by atoms with E-state index in [1.165, 1.54) is 4.90 Å². The Morgan fingerprint density at radius 3 is 2.35 bits per heavy atom. The molecule has 2 atom stereocenters. The van der Waals surface area contributed by atoms with Gasteiger partial charge in [-0.3, -0.25) is 19.4 Å². The van der Waals surface area contributed by atoms with E-state index in [-0.39, 0.29) is 36.0 Å². The van der Waals surface area contributed by atoms with Gasteiger partial charge in [0.05, 0.1) is 18.4 Å². The molecular weight excluding hydrogens is 224 g/mol. The van der Waals surface area contributed by atoms with E-state index in [0.717, 1.165) is 0 Å². The second-order valence-electron chi connectivity index (χ2n) is 4.42. The van der Waals surface area contributed by atoms with Crippen LogP contribution in [0.5, 0.6) is 0 Å². The molecule has 3 N–H and O–H groups in total. The number of imide groups is 1. The standard InChI is InChI=1S/C10H16N4O3/c1-2-14-9(15)6-3-13(5-8(11)12-17)4-7(6)10(14)16/h6-7,17H,2-5H2,1H3,(H2,11,12)/t6-,7+. The summed E-state index contributed by atoms with van der Waals surface area (Å²) in [7, 11) is 0. The third-order valence-electron chi connectivity index (χ3n) is 3.39. The maximum Gasteiger partial charge on any atom is 0.234 e. The molecule has 0 aromatic heterocycles. The van der Waals surface area contributed by atoms with Crippen molar-refractivity contribution in [2.45, 2.75) is 6.92 Å². The number of likely N-dealkylation sites (tertiary alicyclic amines) is 2. The van der Waals surface area contributed by atoms with E-state index in [9.17, 15) is 9.59 Å². The number of amides is 2. The van der Waals surface area contributed by atoms with Gasteiger partial charge < -0.3 is 10.9 Å². The van der Waals surface area contributed by atoms with Crippen molar-refractivity contribution < 1.29 is 14.8 Å². The minimum atomic E-state index is -0.256. The number of hydrogen-bond donors (Lipinski definition) is 2. The summed E-state index contributed by atoms with van der Waals surface area (Å²) < 4.78 is 0. The van der Waals surface area contributed by atoms with Crippen LogP contribution in [-0.2, 0) is 9.59 Å². The number of oxime groups is 1. The van der Waals surface area contributed by atoms with E-state index in [1.54, 1.807) is 6.92 Å². The first-order chi connectivity index (χ1) is 8.08. The molecule has 2 heterocycles. The van der Waals surface area contributed by atoms with Crippen molar-refractivity contribution in [2.75, 3.05) is 26.2 Å². The monoisotopic (exact) mass is 240 g/mol. The molecule has 0 aromatic carbocycles. The zero-order valence-corrected chi connectivity index (χ0v) is 9.67. The molecule has 7 heteroatoms. The molecule has 0 aromatic rings. The van der Waals surface area contributed by atoms with Gasteiger partial charge in [0.1, 0.15) is 0 Å². The molecule has 2 amide bonds. The van der Waals surface area contributed by atoms with Crippen LogP contribution in [0.2, 0.25) is 0 Å². The van der Waals surface area contributed by atoms with E-state index in [2.05, 4.69) is 5.16 Å². The number of carbonyl (C=O) groups is 2. The second kappa shape index (κ2) is 4.33. The van der Waals surface area contributed by atoms with Gasteiger partial charge in [0, 0.05) is 19.6 Å². The summed E-state index contributed by atoms with van der Waals surface area (Å²) in [4.78, 5) is 27.0. The number of carbonyl (C=O) groups excluding carboxylic acids is 2. The lowest BCUT2D eigenvalue weighted by atomic mass is 10.00. The fourth-order valence-electron chi connectivity index (χ4n) is 2.60. The Kier molecular flexibility index (Phi) is 3.01. The van der Waals surface area contributed by atoms with Gasteiger partial charge in [0.25, 0.3) is 0 Å². The van der Waals surface area contributed by atoms with E-state index in [4.69, 9.17) is 10.9 Å². The topological polar surface area (TPSA) is 99.2 Å². The van der Waals surface area contributed by atoms with Crippen LogP contribution in [-0.4, -0.2) is 58.8 Å². The first kappa shape index (κ1) is 11.8. The Morgan fingerprint density at radius 2 is 1.94 bits per heavy atom. The molecule has 0 unspecified atom stereocenters. The maximum absolute atomic E-state index is 11.9. The number of fused-ring (bicyclic) bond motifs is 1. The van der Waals surface area contributed by atoms with Gasteiger partial charge in [-0.25, -0.2) is 0 Å². The fraction of sp³-hybridized carbons (Fsp3) is 0.700. The van der Waals surface area contributed by atoms with Crippen molar-refractivity contribution in [1.29, 1.82) is 0 Å². The highest BCUT2D eigenvalue weighted by Gasteiger charge is 2.51. The molecule has 0 saturated carbocycles. The highest BCUT2D eigenvalue weighted by atomic mass is 16.4. The summed E-state index contributed by atoms with van der Waals surface area (Å²) in [6.07, 6.45) is 0. The molecule has 17 heavy (non-hydrogen) atoms. The number of hydrogen-bond acceptors (Lipinski definition) is 5. The van der Waals surface area contributed by atoms with Gasteiger partial charge in [0.15, 0.2) is 5.84 Å². The smallest absolute Gasteiger partial charge is 0.234 e. The Bertz CT molecular complexity index is 358. The van der Waals surface area contributed by atoms with Crippen LogP contribution in [0.1, 0.15) is 6.92 Å². The van der Waals surface area contributed by atoms with Gasteiger partial charge in [0.2, 0.25) is 11.8 Å². The van der Waals surface area contributed by atoms with Crippen molar-refractivity contribution >= 4 is 17.6 Å². The third-order valence-corrected chi connectivity index (χ3v) is 3.39. The molecule has 94 valence electrons. The van der Waals surface area contributed by atoms with Crippen LogP contribution < -0.4 is 5.73 Å². The SMILES string of the molecule is CCN1C(=O)[C@H]2CN(CC(N)=NO)C[C@H]2C1=O. The fourth-order valence-corrected chi connectivity index (χ4v) is 2.60. The highest BCUT2D eigenvalue weighted by molar-refractivity contribution is 6.05. The van der Waals surface area contributed by atoms with Crippen LogP contribution in [0.4, 0.5) is 0 Å². The molecule has 0 radical (unpaired) electrons. The average molecular weight is 240 g/mol. The van der Waals surface area contributed by atoms with Gasteiger partial charge in [-0.15, -0.1) is 0 Å². The lowest BCUT2D eigenvalue weighted by Gasteiger charge is -2.18. The van der Waals surface area contributed by atoms with E-state index in [1.807, 2.05) is 4.90 Å². The van der Waals surface area contributed by atoms with Gasteiger partial charge in [-0.2, -0.15) is 0 Å². The maximum atomic E-state index is 11.9. The predicted octanol–water partition coefficient (Wildman–Crippen LogP) is -1.33. The van der Waals surface area contributed by atoms with Gasteiger partial charge in [-0.1, -0.05) is 5.16 Å². The summed E-state index contributed by atoms with van der Waals surface area (Å²) in [6.45, 7) is 3.52. The Hall–Kier alpha value is -1.63. The summed E-state index contributed by atoms with van der Waals surface area (Å²) >= 11 is 0. The number of nitrogens with two attached hydrogens (primary N) is 1. The van der Waals surface area contributed by atoms with Crippen LogP contribution in [0.25, 0.3) is 0 Å². The minimum Gasteiger partial charge on any atom is -0.409 e. The highest BCUT2D eigenvalue weighted by Crippen LogP contribution is 2.32. The summed E-state index contributed by atoms with van der Waals surface area (Å²) in [6, 6.07) is 0. The predicted molar refractivity (Wildman–Crippen MR) is 59.2 cm³/mol. The van der Waals surface area contributed by atoms with E-state index >= 15 is 0 Å². The first-order valence-corrected chi connectivity index (χ1v) is 5.62. The van der Waals surface area contributed by atoms with Crippen LogP contribution in [0.15, 0.2) is 5.16 Å². The van der Waals surface area contributed by atoms with Crippen molar-refractivity contribution in [2.24, 2.45) is 22.7 Å². The third kappa shape index (κ3) is 1.86. The Morgan fingerprint density at radius 1 is 1.41 bits per heavy atom. The zero-order valence-electron chi connectivity index (χ0n) is 9.67. The number of nitrogens with zero attached hydrogens (tertiary/aromatic N) is 3. The van der Waals surface area contributed by atoms with Crippen molar-refractivity contribution in [1.82, 2.24) is 9.80 Å². The quantitative estimate of drug-likeness (QED) is 0.209. The molecule has 0 bridgehead atoms. The molecule has 2 aliphatic rings. The summed E-state index contributed by atoms with van der Waals surface area (Å²) in [5.74, 6) is -0.603. The minimum absolute atomic E-state index is 0.0930. The van der Waals surface area contributed by atoms with Crippen molar-refractivity contribution in [3.8, 4) is 0 Å². The zero-order chi connectivity index (χ0) is 12.6. The molecule has 2 rings (SSSR count). The molecule has 2 aliphatic heterocycles. The molecular formula is C10H16N4O3. The van der Waals surface area contributed by atoms with Gasteiger partial charge >= 0.3 is 0 Å². The molecule has 2 fully saturated rings. The molecule has 0 spiro atoms. The lowest BCUT2D eigenvalue weighted by Crippen LogP contribution is -2.38. The van der Waals surface area contributed by atoms with Crippen LogP contribution in [0, 0.1) is 11.8 Å². The van der Waals surface area contributed by atoms with E-state index in [0.29, 0.717) is 19.6 Å². The first-order valence-electron chi connectivity index (χ1n) is 5.62.